The number of alkyl halides is 1. The van der Waals surface area contributed by atoms with Crippen molar-refractivity contribution in [3.63, 3.8) is 0 Å². The number of carbonyl (C=O) groups excluding carboxylic acids is 1. The minimum Gasteiger partial charge on any atom is -0.497 e. The fourth-order valence-corrected chi connectivity index (χ4v) is 7.32. The van der Waals surface area contributed by atoms with Gasteiger partial charge < -0.3 is 18.9 Å². The molecule has 14 nitrogen and oxygen atoms in total. The lowest BCUT2D eigenvalue weighted by Crippen LogP contribution is -2.38. The quantitative estimate of drug-likeness (QED) is 0.0805. The number of methoxy groups -OCH3 is 2. The van der Waals surface area contributed by atoms with E-state index in [4.69, 9.17) is 28.0 Å². The van der Waals surface area contributed by atoms with Crippen molar-refractivity contribution in [2.75, 3.05) is 26.1 Å². The van der Waals surface area contributed by atoms with Crippen LogP contribution in [0.3, 0.4) is 0 Å². The summed E-state index contributed by atoms with van der Waals surface area (Å²) in [4.78, 5) is 36.7. The largest absolute Gasteiger partial charge is 0.750 e. The van der Waals surface area contributed by atoms with E-state index in [1.165, 1.54) is 10.9 Å². The van der Waals surface area contributed by atoms with Gasteiger partial charge >= 0.3 is 8.25 Å². The van der Waals surface area contributed by atoms with Crippen molar-refractivity contribution in [1.82, 2.24) is 19.5 Å². The molecule has 1 unspecified atom stereocenters. The molecular weight excluding hydrogens is 756 g/mol. The molecule has 2 aromatic heterocycles. The summed E-state index contributed by atoms with van der Waals surface area (Å²) < 4.78 is 67.3. The van der Waals surface area contributed by atoms with E-state index >= 15 is 4.39 Å². The minimum absolute atomic E-state index is 0.0422. The second kappa shape index (κ2) is 17.0. The van der Waals surface area contributed by atoms with E-state index in [1.807, 2.05) is 78.9 Å². The number of hydrogen-bond acceptors (Lipinski definition) is 11. The number of ether oxygens (including phenoxy) is 4. The highest BCUT2D eigenvalue weighted by Gasteiger charge is 2.54. The molecule has 3 heterocycles. The summed E-state index contributed by atoms with van der Waals surface area (Å²) in [5.74, 6) is 0.529. The summed E-state index contributed by atoms with van der Waals surface area (Å²) in [6.45, 7) is 3.02. The maximum absolute atomic E-state index is 17.1. The molecule has 57 heavy (non-hydrogen) atoms. The van der Waals surface area contributed by atoms with Gasteiger partial charge in [0, 0.05) is 10.5 Å². The van der Waals surface area contributed by atoms with Gasteiger partial charge in [-0.2, -0.15) is 4.98 Å². The number of amides is 1. The zero-order valence-corrected chi connectivity index (χ0v) is 32.3. The molecule has 1 amide bonds. The Hall–Kier alpha value is -5.99. The molecule has 6 aromatic rings. The molecule has 0 bridgehead atoms. The van der Waals surface area contributed by atoms with Crippen LogP contribution in [0.15, 0.2) is 120 Å². The van der Waals surface area contributed by atoms with Gasteiger partial charge in [-0.25, -0.2) is 13.9 Å². The van der Waals surface area contributed by atoms with Crippen molar-refractivity contribution < 1.29 is 41.7 Å². The molecule has 0 saturated carbocycles. The van der Waals surface area contributed by atoms with Crippen molar-refractivity contribution in [1.29, 1.82) is 0 Å². The number of H-pyrrole nitrogens is 1. The Morgan fingerprint density at radius 1 is 0.895 bits per heavy atom. The van der Waals surface area contributed by atoms with E-state index in [1.54, 1.807) is 58.4 Å². The van der Waals surface area contributed by atoms with Gasteiger partial charge in [0.2, 0.25) is 11.9 Å². The first-order chi connectivity index (χ1) is 27.6. The summed E-state index contributed by atoms with van der Waals surface area (Å²) >= 11 is 0. The molecule has 294 valence electrons. The molecule has 1 aliphatic heterocycles. The number of nitrogens with zero attached hydrogens (tertiary/aromatic N) is 3. The van der Waals surface area contributed by atoms with E-state index in [9.17, 15) is 14.2 Å². The molecule has 1 aliphatic rings. The number of anilines is 1. The van der Waals surface area contributed by atoms with Gasteiger partial charge in [0.05, 0.1) is 27.2 Å². The van der Waals surface area contributed by atoms with Crippen LogP contribution in [0.1, 0.15) is 36.8 Å². The predicted octanol–water partition coefficient (Wildman–Crippen LogP) is 7.10. The molecule has 16 heteroatoms. The third-order valence-electron chi connectivity index (χ3n) is 9.51. The average Bonchev–Trinajstić information content (AvgIpc) is 3.79. The molecule has 4 aromatic carbocycles. The van der Waals surface area contributed by atoms with Crippen LogP contribution in [0.25, 0.3) is 11.2 Å². The number of rotatable bonds is 15. The van der Waals surface area contributed by atoms with Crippen LogP contribution >= 0.6 is 8.25 Å². The zero-order chi connectivity index (χ0) is 40.1. The highest BCUT2D eigenvalue weighted by Crippen LogP contribution is 2.45. The number of fused-ring (bicyclic) bond motifs is 1. The number of carbonyl (C=O) groups is 1. The number of imidazole rings is 1. The SMILES string of the molecule is COc1ccc(C(OC[C@H]2O[C@@H](n3cnc4c(=O)[nH]c(NC(=O)C(C)C)nc43)[C@@H](O[P+](=O)Oc3ccccc3)[C@@H]2F)(c2ccccc2)c2ccc(OC)cc2)cc1. The first-order valence-corrected chi connectivity index (χ1v) is 19.1. The van der Waals surface area contributed by atoms with Crippen molar-refractivity contribution in [3.8, 4) is 17.2 Å². The number of hydrogen-bond donors (Lipinski definition) is 2. The van der Waals surface area contributed by atoms with Gasteiger partial charge in [0.25, 0.3) is 5.56 Å². The van der Waals surface area contributed by atoms with E-state index in [2.05, 4.69) is 20.3 Å². The van der Waals surface area contributed by atoms with Gasteiger partial charge in [-0.1, -0.05) is 86.6 Å². The number of halogens is 1. The summed E-state index contributed by atoms with van der Waals surface area (Å²) in [6, 6.07) is 32.5. The fourth-order valence-electron chi connectivity index (χ4n) is 6.57. The van der Waals surface area contributed by atoms with Crippen LogP contribution in [-0.4, -0.2) is 64.6 Å². The number of nitrogens with one attached hydrogen (secondary N) is 2. The molecule has 0 radical (unpaired) electrons. The first kappa shape index (κ1) is 39.3. The first-order valence-electron chi connectivity index (χ1n) is 18.0. The van der Waals surface area contributed by atoms with Gasteiger partial charge in [-0.05, 0) is 53.1 Å². The third-order valence-corrected chi connectivity index (χ3v) is 10.3. The standard InChI is InChI=1S/C41H39FN5O9P/c1-25(2)37(48)45-40-44-36-34(38(49)46-40)43-24-47(36)39-35(56-57(50)55-31-13-9-6-10-14-31)33(42)32(54-39)23-53-41(26-11-7-5-8-12-26,27-15-19-29(51-3)20-16-27)28-17-21-30(52-4)22-18-28/h5-22,24-25,32-33,35,39H,23H2,1-4H3,(H-,44,45,46,48,49)/p+1/t32-,33-,35+,39-/m1/s1. The van der Waals surface area contributed by atoms with Crippen LogP contribution in [-0.2, 0) is 29.0 Å². The minimum atomic E-state index is -2.95. The Morgan fingerprint density at radius 2 is 1.47 bits per heavy atom. The second-order valence-corrected chi connectivity index (χ2v) is 14.2. The Kier molecular flexibility index (Phi) is 11.7. The van der Waals surface area contributed by atoms with Crippen molar-refractivity contribution in [2.24, 2.45) is 5.92 Å². The second-order valence-electron chi connectivity index (χ2n) is 13.4. The lowest BCUT2D eigenvalue weighted by atomic mass is 9.80. The van der Waals surface area contributed by atoms with Crippen molar-refractivity contribution in [2.45, 2.75) is 44.1 Å². The van der Waals surface area contributed by atoms with E-state index in [-0.39, 0.29) is 29.5 Å². The smallest absolute Gasteiger partial charge is 0.497 e. The number of aromatic nitrogens is 4. The summed E-state index contributed by atoms with van der Waals surface area (Å²) in [5.41, 5.74) is 0.0152. The molecule has 1 saturated heterocycles. The van der Waals surface area contributed by atoms with Crippen LogP contribution in [0.4, 0.5) is 10.3 Å². The maximum atomic E-state index is 17.1. The summed E-state index contributed by atoms with van der Waals surface area (Å²) in [7, 11) is 0.191. The number of benzene rings is 4. The molecule has 0 spiro atoms. The third kappa shape index (κ3) is 8.14. The maximum Gasteiger partial charge on any atom is 0.750 e. The van der Waals surface area contributed by atoms with Crippen LogP contribution in [0.2, 0.25) is 0 Å². The summed E-state index contributed by atoms with van der Waals surface area (Å²) in [5, 5.41) is 2.57. The number of para-hydroxylation sites is 1. The Bertz CT molecular complexity index is 2330. The Morgan fingerprint density at radius 3 is 2.05 bits per heavy atom. The highest BCUT2D eigenvalue weighted by molar-refractivity contribution is 7.33. The van der Waals surface area contributed by atoms with E-state index < -0.39 is 55.8 Å². The highest BCUT2D eigenvalue weighted by atomic mass is 31.1. The molecular formula is C41H40FN5O9P+. The Balaban J connectivity index is 1.28. The van der Waals surface area contributed by atoms with Gasteiger partial charge in [-0.3, -0.25) is 24.5 Å². The lowest BCUT2D eigenvalue weighted by Gasteiger charge is -2.37. The Labute approximate surface area is 327 Å². The zero-order valence-electron chi connectivity index (χ0n) is 31.4. The summed E-state index contributed by atoms with van der Waals surface area (Å²) in [6.07, 6.45) is -5.02. The van der Waals surface area contributed by atoms with Crippen LogP contribution in [0.5, 0.6) is 17.2 Å². The van der Waals surface area contributed by atoms with Crippen LogP contribution in [0, 0.1) is 5.92 Å². The lowest BCUT2D eigenvalue weighted by molar-refractivity contribution is -0.118. The van der Waals surface area contributed by atoms with Gasteiger partial charge in [0.1, 0.15) is 23.2 Å². The van der Waals surface area contributed by atoms with E-state index in [0.29, 0.717) is 22.6 Å². The molecule has 0 aliphatic carbocycles. The molecule has 7 rings (SSSR count). The normalized spacial score (nSPS) is 18.4. The van der Waals surface area contributed by atoms with Crippen LogP contribution < -0.4 is 24.9 Å². The van der Waals surface area contributed by atoms with Gasteiger partial charge in [-0.15, -0.1) is 4.52 Å². The molecule has 2 N–H and O–H groups in total. The van der Waals surface area contributed by atoms with E-state index in [0.717, 1.165) is 5.56 Å². The van der Waals surface area contributed by atoms with Gasteiger partial charge in [0.15, 0.2) is 35.4 Å². The van der Waals surface area contributed by atoms with Crippen molar-refractivity contribution in [3.05, 3.63) is 143 Å². The average molecular weight is 797 g/mol. The monoisotopic (exact) mass is 796 g/mol. The topological polar surface area (TPSA) is 165 Å². The fraction of sp³-hybridized carbons (Fsp3) is 0.268. The molecule has 5 atom stereocenters. The molecule has 1 fully saturated rings. The van der Waals surface area contributed by atoms with Crippen molar-refractivity contribution >= 4 is 31.3 Å². The predicted molar refractivity (Wildman–Crippen MR) is 208 cm³/mol. The number of aromatic amines is 1.